The summed E-state index contributed by atoms with van der Waals surface area (Å²) in [6, 6.07) is 12.2. The molecule has 29 heavy (non-hydrogen) atoms. The number of benzene rings is 2. The van der Waals surface area contributed by atoms with Crippen LogP contribution in [0.3, 0.4) is 0 Å². The SMILES string of the molecule is CC(C)C[C@H](N)C(=O)O.Cl.N[C@@H](Cc1cccc2ccccc12)C(=O)O.O[B]O. The Kier molecular flexibility index (Phi) is 15.7. The lowest BCUT2D eigenvalue weighted by atomic mass is 9.99. The zero-order valence-corrected chi connectivity index (χ0v) is 17.2. The van der Waals surface area contributed by atoms with Crippen molar-refractivity contribution in [1.29, 1.82) is 0 Å². The van der Waals surface area contributed by atoms with Gasteiger partial charge in [0.25, 0.3) is 0 Å². The summed E-state index contributed by atoms with van der Waals surface area (Å²) < 4.78 is 0. The molecule has 0 aromatic heterocycles. The Bertz CT molecular complexity index is 742. The van der Waals surface area contributed by atoms with Crippen molar-refractivity contribution in [2.45, 2.75) is 38.8 Å². The molecule has 0 aliphatic heterocycles. The number of halogens is 1. The van der Waals surface area contributed by atoms with Crippen molar-refractivity contribution in [3.05, 3.63) is 48.0 Å². The summed E-state index contributed by atoms with van der Waals surface area (Å²) in [5.74, 6) is -1.52. The summed E-state index contributed by atoms with van der Waals surface area (Å²) in [5, 5.41) is 33.3. The first-order valence-corrected chi connectivity index (χ1v) is 8.67. The molecule has 0 unspecified atom stereocenters. The number of hydrogen-bond donors (Lipinski definition) is 6. The van der Waals surface area contributed by atoms with Crippen molar-refractivity contribution in [3.63, 3.8) is 0 Å². The molecule has 10 heteroatoms. The minimum atomic E-state index is -0.965. The molecule has 0 aliphatic carbocycles. The fourth-order valence-corrected chi connectivity index (χ4v) is 2.40. The summed E-state index contributed by atoms with van der Waals surface area (Å²) in [5.41, 5.74) is 11.7. The highest BCUT2D eigenvalue weighted by Gasteiger charge is 2.13. The number of nitrogens with two attached hydrogens (primary N) is 2. The van der Waals surface area contributed by atoms with Crippen molar-refractivity contribution in [1.82, 2.24) is 0 Å². The van der Waals surface area contributed by atoms with Crippen molar-refractivity contribution < 1.29 is 29.9 Å². The van der Waals surface area contributed by atoms with E-state index in [0.717, 1.165) is 16.3 Å². The standard InChI is InChI=1S/C13H13NO2.C6H13NO2.BH2O2.ClH/c14-12(13(15)16)8-10-6-3-5-9-4-1-2-7-11(9)10;1-4(2)3-5(7)6(8)9;2-1-3;/h1-7,12H,8,14H2,(H,15,16);4-5H,3,7H2,1-2H3,(H,8,9);2-3H;1H/t12-;5-;;/m00../s1. The van der Waals surface area contributed by atoms with Crippen LogP contribution in [0.25, 0.3) is 10.8 Å². The highest BCUT2D eigenvalue weighted by molar-refractivity contribution is 6.13. The topological polar surface area (TPSA) is 167 Å². The molecule has 2 aromatic rings. The molecule has 0 heterocycles. The largest absolute Gasteiger partial charge is 0.482 e. The molecule has 0 saturated heterocycles. The summed E-state index contributed by atoms with van der Waals surface area (Å²) in [6.45, 7) is 3.89. The van der Waals surface area contributed by atoms with Gasteiger partial charge < -0.3 is 31.7 Å². The second kappa shape index (κ2) is 15.7. The van der Waals surface area contributed by atoms with Crippen LogP contribution in [0.4, 0.5) is 0 Å². The van der Waals surface area contributed by atoms with E-state index in [4.69, 9.17) is 31.7 Å². The van der Waals surface area contributed by atoms with Crippen molar-refractivity contribution in [2.24, 2.45) is 17.4 Å². The highest BCUT2D eigenvalue weighted by atomic mass is 35.5. The lowest BCUT2D eigenvalue weighted by molar-refractivity contribution is -0.139. The maximum absolute atomic E-state index is 10.7. The number of fused-ring (bicyclic) bond motifs is 1. The molecule has 0 amide bonds. The third kappa shape index (κ3) is 12.1. The Hall–Kier alpha value is -2.17. The van der Waals surface area contributed by atoms with Crippen LogP contribution in [0, 0.1) is 5.92 Å². The first kappa shape index (κ1) is 29.0. The average molecular weight is 428 g/mol. The Morgan fingerprint density at radius 1 is 0.931 bits per heavy atom. The molecule has 1 radical (unpaired) electrons. The molecular formula is C19H29BClN2O6. The minimum Gasteiger partial charge on any atom is -0.480 e. The molecule has 0 aliphatic rings. The third-order valence-electron chi connectivity index (χ3n) is 3.68. The van der Waals surface area contributed by atoms with Gasteiger partial charge in [-0.25, -0.2) is 0 Å². The van der Waals surface area contributed by atoms with Gasteiger partial charge in [0.05, 0.1) is 0 Å². The lowest BCUT2D eigenvalue weighted by Crippen LogP contribution is -2.32. The van der Waals surface area contributed by atoms with E-state index in [1.807, 2.05) is 56.3 Å². The van der Waals surface area contributed by atoms with Crippen LogP contribution in [0.15, 0.2) is 42.5 Å². The molecule has 8 N–H and O–H groups in total. The second-order valence-corrected chi connectivity index (χ2v) is 6.48. The molecular weight excluding hydrogens is 398 g/mol. The van der Waals surface area contributed by atoms with E-state index in [1.165, 1.54) is 0 Å². The molecule has 2 rings (SSSR count). The van der Waals surface area contributed by atoms with E-state index >= 15 is 0 Å². The first-order chi connectivity index (χ1) is 13.1. The maximum Gasteiger partial charge on any atom is 0.482 e. The minimum absolute atomic E-state index is 0. The molecule has 0 fully saturated rings. The quantitative estimate of drug-likeness (QED) is 0.373. The summed E-state index contributed by atoms with van der Waals surface area (Å²) in [7, 11) is 0. The van der Waals surface area contributed by atoms with E-state index in [-0.39, 0.29) is 20.1 Å². The van der Waals surface area contributed by atoms with E-state index in [2.05, 4.69) is 0 Å². The number of carboxylic acids is 2. The van der Waals surface area contributed by atoms with Crippen LogP contribution in [0.5, 0.6) is 0 Å². The molecule has 2 atom stereocenters. The fourth-order valence-electron chi connectivity index (χ4n) is 2.40. The van der Waals surface area contributed by atoms with Gasteiger partial charge in [0.2, 0.25) is 0 Å². The van der Waals surface area contributed by atoms with E-state index in [9.17, 15) is 9.59 Å². The van der Waals surface area contributed by atoms with Gasteiger partial charge >= 0.3 is 19.6 Å². The monoisotopic (exact) mass is 427 g/mol. The number of carboxylic acid groups (broad SMARTS) is 2. The summed E-state index contributed by atoms with van der Waals surface area (Å²) in [6.07, 6.45) is 0.909. The van der Waals surface area contributed by atoms with Gasteiger partial charge in [-0.15, -0.1) is 12.4 Å². The zero-order valence-electron chi connectivity index (χ0n) is 16.4. The Morgan fingerprint density at radius 3 is 1.86 bits per heavy atom. The van der Waals surface area contributed by atoms with Crippen LogP contribution >= 0.6 is 12.4 Å². The number of carbonyl (C=O) groups is 2. The maximum atomic E-state index is 10.7. The summed E-state index contributed by atoms with van der Waals surface area (Å²) >= 11 is 0. The van der Waals surface area contributed by atoms with Gasteiger partial charge in [-0.3, -0.25) is 9.59 Å². The van der Waals surface area contributed by atoms with Crippen LogP contribution in [0.1, 0.15) is 25.8 Å². The van der Waals surface area contributed by atoms with Crippen molar-refractivity contribution in [3.8, 4) is 0 Å². The van der Waals surface area contributed by atoms with Crippen LogP contribution in [0.2, 0.25) is 0 Å². The zero-order chi connectivity index (χ0) is 21.7. The van der Waals surface area contributed by atoms with Crippen molar-refractivity contribution in [2.75, 3.05) is 0 Å². The van der Waals surface area contributed by atoms with Crippen molar-refractivity contribution >= 4 is 42.8 Å². The Labute approximate surface area is 177 Å². The molecule has 0 saturated carbocycles. The van der Waals surface area contributed by atoms with Gasteiger partial charge in [-0.05, 0) is 35.1 Å². The van der Waals surface area contributed by atoms with Gasteiger partial charge in [0, 0.05) is 0 Å². The Morgan fingerprint density at radius 2 is 1.41 bits per heavy atom. The van der Waals surface area contributed by atoms with Crippen LogP contribution in [-0.4, -0.2) is 52.0 Å². The predicted molar refractivity (Wildman–Crippen MR) is 116 cm³/mol. The Balaban J connectivity index is 0. The third-order valence-corrected chi connectivity index (χ3v) is 3.68. The lowest BCUT2D eigenvalue weighted by Gasteiger charge is -2.09. The second-order valence-electron chi connectivity index (χ2n) is 6.48. The predicted octanol–water partition coefficient (Wildman–Crippen LogP) is 1.17. The van der Waals surface area contributed by atoms with E-state index < -0.39 is 24.0 Å². The number of aliphatic carboxylic acids is 2. The molecule has 0 spiro atoms. The fraction of sp³-hybridized carbons (Fsp3) is 0.368. The first-order valence-electron chi connectivity index (χ1n) is 8.67. The van der Waals surface area contributed by atoms with Crippen LogP contribution in [-0.2, 0) is 16.0 Å². The highest BCUT2D eigenvalue weighted by Crippen LogP contribution is 2.19. The smallest absolute Gasteiger partial charge is 0.480 e. The molecule has 0 bridgehead atoms. The summed E-state index contributed by atoms with van der Waals surface area (Å²) in [4.78, 5) is 20.8. The normalized spacial score (nSPS) is 11.7. The van der Waals surface area contributed by atoms with E-state index in [0.29, 0.717) is 18.8 Å². The van der Waals surface area contributed by atoms with E-state index in [1.54, 1.807) is 0 Å². The van der Waals surface area contributed by atoms with Crippen LogP contribution < -0.4 is 11.5 Å². The van der Waals surface area contributed by atoms with Gasteiger partial charge in [-0.1, -0.05) is 56.3 Å². The number of hydrogen-bond acceptors (Lipinski definition) is 6. The average Bonchev–Trinajstić information content (AvgIpc) is 2.62. The van der Waals surface area contributed by atoms with Gasteiger partial charge in [0.15, 0.2) is 0 Å². The van der Waals surface area contributed by atoms with Gasteiger partial charge in [0.1, 0.15) is 12.1 Å². The molecule has 8 nitrogen and oxygen atoms in total. The molecule has 161 valence electrons. The number of rotatable bonds is 6. The molecule has 2 aromatic carbocycles. The van der Waals surface area contributed by atoms with Gasteiger partial charge in [-0.2, -0.15) is 0 Å².